The SMILES string of the molecule is Cc1cnc(C(=O)N2CC3(CC(OCc4cccnc4)CCO3)C2)cn1. The topological polar surface area (TPSA) is 77.4 Å². The molecule has 1 unspecified atom stereocenters. The molecule has 0 N–H and O–H groups in total. The molecule has 2 saturated heterocycles. The van der Waals surface area contributed by atoms with Gasteiger partial charge in [-0.3, -0.25) is 14.8 Å². The zero-order valence-electron chi connectivity index (χ0n) is 14.8. The smallest absolute Gasteiger partial charge is 0.274 e. The van der Waals surface area contributed by atoms with Gasteiger partial charge in [-0.25, -0.2) is 4.98 Å². The zero-order chi connectivity index (χ0) is 18.0. The van der Waals surface area contributed by atoms with Crippen molar-refractivity contribution in [3.63, 3.8) is 0 Å². The van der Waals surface area contributed by atoms with Gasteiger partial charge in [0.1, 0.15) is 11.3 Å². The molecule has 0 bridgehead atoms. The summed E-state index contributed by atoms with van der Waals surface area (Å²) in [6.45, 7) is 4.21. The first kappa shape index (κ1) is 17.1. The van der Waals surface area contributed by atoms with Gasteiger partial charge in [-0.05, 0) is 25.0 Å². The number of hydrogen-bond acceptors (Lipinski definition) is 6. The van der Waals surface area contributed by atoms with Crippen LogP contribution in [0.4, 0.5) is 0 Å². The summed E-state index contributed by atoms with van der Waals surface area (Å²) in [5.41, 5.74) is 1.96. The minimum atomic E-state index is -0.286. The molecule has 2 aromatic heterocycles. The zero-order valence-corrected chi connectivity index (χ0v) is 14.8. The lowest BCUT2D eigenvalue weighted by atomic mass is 9.84. The summed E-state index contributed by atoms with van der Waals surface area (Å²) in [5, 5.41) is 0. The van der Waals surface area contributed by atoms with E-state index in [0.29, 0.717) is 32.0 Å². The van der Waals surface area contributed by atoms with Crippen LogP contribution < -0.4 is 0 Å². The van der Waals surface area contributed by atoms with E-state index < -0.39 is 0 Å². The Morgan fingerprint density at radius 1 is 1.35 bits per heavy atom. The van der Waals surface area contributed by atoms with Crippen molar-refractivity contribution < 1.29 is 14.3 Å². The minimum Gasteiger partial charge on any atom is -0.373 e. The third-order valence-corrected chi connectivity index (χ3v) is 4.90. The number of aromatic nitrogens is 3. The Balaban J connectivity index is 1.31. The number of hydrogen-bond donors (Lipinski definition) is 0. The van der Waals surface area contributed by atoms with Crippen LogP contribution in [0.1, 0.15) is 34.6 Å². The van der Waals surface area contributed by atoms with Gasteiger partial charge in [-0.1, -0.05) is 6.07 Å². The van der Waals surface area contributed by atoms with E-state index in [2.05, 4.69) is 15.0 Å². The van der Waals surface area contributed by atoms with Crippen LogP contribution in [0.15, 0.2) is 36.9 Å². The standard InChI is InChI=1S/C19H22N4O3/c1-14-8-22-17(10-21-14)18(24)23-12-19(13-23)7-16(4-6-26-19)25-11-15-3-2-5-20-9-15/h2-3,5,8-10,16H,4,6-7,11-13H2,1H3. The van der Waals surface area contributed by atoms with E-state index in [-0.39, 0.29) is 17.6 Å². The quantitative estimate of drug-likeness (QED) is 0.833. The summed E-state index contributed by atoms with van der Waals surface area (Å²) in [7, 11) is 0. The second-order valence-corrected chi connectivity index (χ2v) is 7.02. The second kappa shape index (κ2) is 7.09. The maximum absolute atomic E-state index is 12.5. The number of pyridine rings is 1. The van der Waals surface area contributed by atoms with Gasteiger partial charge < -0.3 is 14.4 Å². The fourth-order valence-electron chi connectivity index (χ4n) is 3.50. The highest BCUT2D eigenvalue weighted by atomic mass is 16.5. The summed E-state index contributed by atoms with van der Waals surface area (Å²) in [6.07, 6.45) is 8.54. The Morgan fingerprint density at radius 3 is 2.96 bits per heavy atom. The Labute approximate surface area is 152 Å². The molecule has 1 amide bonds. The lowest BCUT2D eigenvalue weighted by molar-refractivity contribution is -0.188. The molecule has 4 heterocycles. The maximum atomic E-state index is 12.5. The molecule has 136 valence electrons. The first-order valence-corrected chi connectivity index (χ1v) is 8.86. The van der Waals surface area contributed by atoms with Crippen LogP contribution in [0.5, 0.6) is 0 Å². The molecule has 7 nitrogen and oxygen atoms in total. The van der Waals surface area contributed by atoms with Gasteiger partial charge in [-0.15, -0.1) is 0 Å². The number of aryl methyl sites for hydroxylation is 1. The van der Waals surface area contributed by atoms with Gasteiger partial charge >= 0.3 is 0 Å². The van der Waals surface area contributed by atoms with Crippen LogP contribution in [0.2, 0.25) is 0 Å². The van der Waals surface area contributed by atoms with E-state index in [9.17, 15) is 4.79 Å². The molecule has 2 aromatic rings. The summed E-state index contributed by atoms with van der Waals surface area (Å²) >= 11 is 0. The van der Waals surface area contributed by atoms with Gasteiger partial charge in [0.2, 0.25) is 0 Å². The largest absolute Gasteiger partial charge is 0.373 e. The Bertz CT molecular complexity index is 760. The number of nitrogens with zero attached hydrogens (tertiary/aromatic N) is 4. The molecule has 0 radical (unpaired) electrons. The summed E-state index contributed by atoms with van der Waals surface area (Å²) < 4.78 is 12.0. The number of carbonyl (C=O) groups excluding carboxylic acids is 1. The first-order valence-electron chi connectivity index (χ1n) is 8.86. The first-order chi connectivity index (χ1) is 12.6. The number of likely N-dealkylation sites (tertiary alicyclic amines) is 1. The van der Waals surface area contributed by atoms with Gasteiger partial charge in [0.15, 0.2) is 0 Å². The molecule has 26 heavy (non-hydrogen) atoms. The van der Waals surface area contributed by atoms with Crippen LogP contribution in [0.25, 0.3) is 0 Å². The van der Waals surface area contributed by atoms with Crippen molar-refractivity contribution in [1.82, 2.24) is 19.9 Å². The van der Waals surface area contributed by atoms with Crippen molar-refractivity contribution in [2.45, 2.75) is 38.1 Å². The van der Waals surface area contributed by atoms with E-state index in [1.165, 1.54) is 6.20 Å². The predicted molar refractivity (Wildman–Crippen MR) is 93.4 cm³/mol. The van der Waals surface area contributed by atoms with Gasteiger partial charge in [0, 0.05) is 31.6 Å². The predicted octanol–water partition coefficient (Wildman–Crippen LogP) is 1.77. The second-order valence-electron chi connectivity index (χ2n) is 7.02. The van der Waals surface area contributed by atoms with E-state index >= 15 is 0 Å². The average molecular weight is 354 g/mol. The molecule has 4 rings (SSSR count). The molecule has 0 aliphatic carbocycles. The monoisotopic (exact) mass is 354 g/mol. The van der Waals surface area contributed by atoms with Crippen LogP contribution in [0, 0.1) is 6.92 Å². The van der Waals surface area contributed by atoms with Crippen molar-refractivity contribution in [3.05, 3.63) is 53.9 Å². The van der Waals surface area contributed by atoms with Crippen molar-refractivity contribution in [3.8, 4) is 0 Å². The van der Waals surface area contributed by atoms with Crippen LogP contribution >= 0.6 is 0 Å². The fraction of sp³-hybridized carbons (Fsp3) is 0.474. The van der Waals surface area contributed by atoms with Crippen molar-refractivity contribution in [1.29, 1.82) is 0 Å². The molecule has 2 fully saturated rings. The Morgan fingerprint density at radius 2 is 2.23 bits per heavy atom. The van der Waals surface area contributed by atoms with Crippen molar-refractivity contribution in [2.24, 2.45) is 0 Å². The lowest BCUT2D eigenvalue weighted by Gasteiger charge is -2.52. The summed E-state index contributed by atoms with van der Waals surface area (Å²) in [6, 6.07) is 3.92. The van der Waals surface area contributed by atoms with Crippen LogP contribution in [-0.4, -0.2) is 57.2 Å². The highest BCUT2D eigenvalue weighted by Gasteiger charge is 2.49. The molecule has 2 aliphatic heterocycles. The third-order valence-electron chi connectivity index (χ3n) is 4.90. The molecule has 1 atom stereocenters. The molecular formula is C19H22N4O3. The number of carbonyl (C=O) groups is 1. The van der Waals surface area contributed by atoms with Crippen LogP contribution in [0.3, 0.4) is 0 Å². The normalized spacial score (nSPS) is 21.4. The molecule has 0 saturated carbocycles. The lowest BCUT2D eigenvalue weighted by Crippen LogP contribution is -2.67. The molecular weight excluding hydrogens is 332 g/mol. The Kier molecular flexibility index (Phi) is 4.65. The molecule has 7 heteroatoms. The van der Waals surface area contributed by atoms with E-state index in [0.717, 1.165) is 24.1 Å². The number of rotatable bonds is 4. The van der Waals surface area contributed by atoms with Crippen LogP contribution in [-0.2, 0) is 16.1 Å². The van der Waals surface area contributed by atoms with E-state index in [4.69, 9.17) is 9.47 Å². The highest BCUT2D eigenvalue weighted by molar-refractivity contribution is 5.92. The van der Waals surface area contributed by atoms with Gasteiger partial charge in [0.05, 0.1) is 37.7 Å². The summed E-state index contributed by atoms with van der Waals surface area (Å²) in [4.78, 5) is 26.7. The summed E-state index contributed by atoms with van der Waals surface area (Å²) in [5.74, 6) is -0.0925. The van der Waals surface area contributed by atoms with E-state index in [1.54, 1.807) is 17.3 Å². The van der Waals surface area contributed by atoms with Gasteiger partial charge in [0.25, 0.3) is 5.91 Å². The van der Waals surface area contributed by atoms with E-state index in [1.807, 2.05) is 25.3 Å². The van der Waals surface area contributed by atoms with Crippen molar-refractivity contribution >= 4 is 5.91 Å². The highest BCUT2D eigenvalue weighted by Crippen LogP contribution is 2.36. The maximum Gasteiger partial charge on any atom is 0.274 e. The molecule has 1 spiro atoms. The fourth-order valence-corrected chi connectivity index (χ4v) is 3.50. The minimum absolute atomic E-state index is 0.0925. The molecule has 2 aliphatic rings. The van der Waals surface area contributed by atoms with Gasteiger partial charge in [-0.2, -0.15) is 0 Å². The average Bonchev–Trinajstić information content (AvgIpc) is 2.65. The third kappa shape index (κ3) is 3.59. The number of ether oxygens (including phenoxy) is 2. The number of amides is 1. The Hall–Kier alpha value is -2.38. The van der Waals surface area contributed by atoms with Crippen molar-refractivity contribution in [2.75, 3.05) is 19.7 Å². The molecule has 0 aromatic carbocycles.